The van der Waals surface area contributed by atoms with Gasteiger partial charge in [-0.3, -0.25) is 5.10 Å². The van der Waals surface area contributed by atoms with E-state index in [0.29, 0.717) is 12.0 Å². The predicted octanol–water partition coefficient (Wildman–Crippen LogP) is 4.59. The fourth-order valence-electron chi connectivity index (χ4n) is 5.51. The summed E-state index contributed by atoms with van der Waals surface area (Å²) in [5.41, 5.74) is 3.67. The molecular formula is C25H27N7S. The summed E-state index contributed by atoms with van der Waals surface area (Å²) in [6.07, 6.45) is 5.82. The Morgan fingerprint density at radius 1 is 1.15 bits per heavy atom. The van der Waals surface area contributed by atoms with Crippen molar-refractivity contribution in [2.75, 3.05) is 23.3 Å². The maximum absolute atomic E-state index is 5.07. The van der Waals surface area contributed by atoms with Gasteiger partial charge in [0, 0.05) is 36.8 Å². The number of H-pyrrole nitrogens is 1. The minimum atomic E-state index is 0.0625. The molecule has 168 valence electrons. The van der Waals surface area contributed by atoms with Gasteiger partial charge in [-0.15, -0.1) is 11.3 Å². The van der Waals surface area contributed by atoms with Gasteiger partial charge in [0.15, 0.2) is 11.6 Å². The number of piperazine rings is 1. The van der Waals surface area contributed by atoms with E-state index >= 15 is 0 Å². The first-order chi connectivity index (χ1) is 16.3. The van der Waals surface area contributed by atoms with Crippen molar-refractivity contribution >= 4 is 39.1 Å². The molecule has 5 heterocycles. The van der Waals surface area contributed by atoms with Crippen molar-refractivity contribution in [3.63, 3.8) is 0 Å². The van der Waals surface area contributed by atoms with E-state index in [9.17, 15) is 0 Å². The molecule has 1 aromatic carbocycles. The number of nitrogens with one attached hydrogen (secondary N) is 3. The first kappa shape index (κ1) is 19.5. The van der Waals surface area contributed by atoms with Crippen LogP contribution in [0.2, 0.25) is 0 Å². The van der Waals surface area contributed by atoms with Crippen LogP contribution in [0.4, 0.5) is 17.6 Å². The third-order valence-electron chi connectivity index (χ3n) is 7.44. The van der Waals surface area contributed by atoms with Gasteiger partial charge in [0.2, 0.25) is 5.95 Å². The van der Waals surface area contributed by atoms with Crippen LogP contribution in [0.5, 0.6) is 0 Å². The average molecular weight is 458 g/mol. The fraction of sp³-hybridized carbons (Fsp3) is 0.400. The number of hydrogen-bond acceptors (Lipinski definition) is 7. The van der Waals surface area contributed by atoms with E-state index in [1.54, 1.807) is 11.3 Å². The molecule has 1 aliphatic carbocycles. The van der Waals surface area contributed by atoms with Gasteiger partial charge in [0.05, 0.1) is 15.8 Å². The average Bonchev–Trinajstić information content (AvgIpc) is 3.22. The maximum Gasteiger partial charge on any atom is 0.228 e. The molecule has 7 rings (SSSR count). The van der Waals surface area contributed by atoms with Crippen LogP contribution in [-0.4, -0.2) is 44.8 Å². The summed E-state index contributed by atoms with van der Waals surface area (Å²) in [5, 5.41) is 17.0. The van der Waals surface area contributed by atoms with Crippen molar-refractivity contribution in [1.29, 1.82) is 0 Å². The molecule has 7 nitrogen and oxygen atoms in total. The number of rotatable bonds is 7. The van der Waals surface area contributed by atoms with Crippen molar-refractivity contribution in [3.8, 4) is 0 Å². The normalized spacial score (nSPS) is 24.1. The Kier molecular flexibility index (Phi) is 4.45. The third kappa shape index (κ3) is 3.48. The first-order valence-corrected chi connectivity index (χ1v) is 12.8. The molecule has 2 aliphatic heterocycles. The Hall–Kier alpha value is -2.97. The second kappa shape index (κ2) is 7.53. The molecule has 3 aromatic heterocycles. The number of anilines is 3. The summed E-state index contributed by atoms with van der Waals surface area (Å²) in [4.78, 5) is 12.6. The number of aromatic amines is 1. The Balaban J connectivity index is 1.21. The molecule has 33 heavy (non-hydrogen) atoms. The predicted molar refractivity (Wildman–Crippen MR) is 133 cm³/mol. The zero-order valence-electron chi connectivity index (χ0n) is 18.4. The van der Waals surface area contributed by atoms with Gasteiger partial charge in [-0.1, -0.05) is 30.3 Å². The zero-order valence-corrected chi connectivity index (χ0v) is 19.2. The minimum absolute atomic E-state index is 0.0625. The van der Waals surface area contributed by atoms with Crippen molar-refractivity contribution in [3.05, 3.63) is 59.1 Å². The van der Waals surface area contributed by atoms with E-state index in [2.05, 4.69) is 73.6 Å². The molecule has 0 radical (unpaired) electrons. The SMILES string of the molecule is c1ccc(CC[C@]23CN[C@H](CN2c2nc(Nc4cc(C5CC5)[nH]n4)c4sccc4n2)C3)cc1. The van der Waals surface area contributed by atoms with Gasteiger partial charge in [0.1, 0.15) is 0 Å². The highest BCUT2D eigenvalue weighted by molar-refractivity contribution is 7.17. The molecule has 3 N–H and O–H groups in total. The van der Waals surface area contributed by atoms with Crippen LogP contribution in [-0.2, 0) is 6.42 Å². The number of benzene rings is 1. The highest BCUT2D eigenvalue weighted by Gasteiger charge is 2.51. The van der Waals surface area contributed by atoms with Gasteiger partial charge < -0.3 is 15.5 Å². The molecule has 0 unspecified atom stereocenters. The standard InChI is InChI=1S/C25H27N7S/c1-2-4-16(5-3-1)8-10-25-13-18(26-15-25)14-32(25)24-27-19-9-11-33-22(19)23(29-24)28-21-12-20(30-31-21)17-6-7-17/h1-5,9,11-12,17-18,26H,6-8,10,13-15H2,(H2,27,28,29,30,31)/t18-,25-/m0/s1. The van der Waals surface area contributed by atoms with E-state index < -0.39 is 0 Å². The van der Waals surface area contributed by atoms with Crippen LogP contribution in [0, 0.1) is 0 Å². The van der Waals surface area contributed by atoms with Crippen molar-refractivity contribution in [1.82, 2.24) is 25.5 Å². The van der Waals surface area contributed by atoms with Crippen LogP contribution >= 0.6 is 11.3 Å². The molecule has 3 aliphatic rings. The number of thiophene rings is 1. The Bertz CT molecular complexity index is 1290. The zero-order chi connectivity index (χ0) is 21.8. The molecule has 4 aromatic rings. The summed E-state index contributed by atoms with van der Waals surface area (Å²) >= 11 is 1.68. The summed E-state index contributed by atoms with van der Waals surface area (Å²) in [6, 6.07) is 15.5. The van der Waals surface area contributed by atoms with Crippen LogP contribution in [0.15, 0.2) is 47.8 Å². The molecule has 2 bridgehead atoms. The summed E-state index contributed by atoms with van der Waals surface area (Å²) in [5.74, 6) is 3.17. The monoisotopic (exact) mass is 457 g/mol. The lowest BCUT2D eigenvalue weighted by atomic mass is 9.90. The lowest BCUT2D eigenvalue weighted by molar-refractivity contribution is 0.405. The van der Waals surface area contributed by atoms with E-state index in [4.69, 9.17) is 9.97 Å². The van der Waals surface area contributed by atoms with Gasteiger partial charge in [-0.25, -0.2) is 4.98 Å². The van der Waals surface area contributed by atoms with Gasteiger partial charge >= 0.3 is 0 Å². The Morgan fingerprint density at radius 2 is 2.06 bits per heavy atom. The van der Waals surface area contributed by atoms with E-state index in [-0.39, 0.29) is 5.54 Å². The number of hydrogen-bond donors (Lipinski definition) is 3. The van der Waals surface area contributed by atoms with E-state index in [1.165, 1.54) is 24.1 Å². The van der Waals surface area contributed by atoms with Crippen LogP contribution in [0.3, 0.4) is 0 Å². The number of aryl methyl sites for hydroxylation is 1. The van der Waals surface area contributed by atoms with Gasteiger partial charge in [-0.05, 0) is 49.1 Å². The Labute approximate surface area is 196 Å². The quantitative estimate of drug-likeness (QED) is 0.377. The molecule has 0 spiro atoms. The smallest absolute Gasteiger partial charge is 0.228 e. The summed E-state index contributed by atoms with van der Waals surface area (Å²) in [7, 11) is 0. The van der Waals surface area contributed by atoms with Crippen LogP contribution in [0.25, 0.3) is 10.2 Å². The topological polar surface area (TPSA) is 81.8 Å². The first-order valence-electron chi connectivity index (χ1n) is 11.9. The molecule has 1 saturated carbocycles. The maximum atomic E-state index is 5.07. The number of fused-ring (bicyclic) bond motifs is 3. The number of aromatic nitrogens is 4. The highest BCUT2D eigenvalue weighted by atomic mass is 32.1. The van der Waals surface area contributed by atoms with Crippen molar-refractivity contribution in [2.45, 2.75) is 49.6 Å². The fourth-order valence-corrected chi connectivity index (χ4v) is 6.28. The van der Waals surface area contributed by atoms with Crippen molar-refractivity contribution in [2.24, 2.45) is 0 Å². The lowest BCUT2D eigenvalue weighted by Crippen LogP contribution is -2.53. The lowest BCUT2D eigenvalue weighted by Gasteiger charge is -2.39. The summed E-state index contributed by atoms with van der Waals surface area (Å²) in [6.45, 7) is 1.94. The van der Waals surface area contributed by atoms with Gasteiger partial charge in [0.25, 0.3) is 0 Å². The van der Waals surface area contributed by atoms with Crippen LogP contribution < -0.4 is 15.5 Å². The Morgan fingerprint density at radius 3 is 2.91 bits per heavy atom. The second-order valence-electron chi connectivity index (χ2n) is 9.72. The second-order valence-corrected chi connectivity index (χ2v) is 10.6. The van der Waals surface area contributed by atoms with E-state index in [0.717, 1.165) is 60.2 Å². The number of nitrogens with zero attached hydrogens (tertiary/aromatic N) is 4. The summed E-state index contributed by atoms with van der Waals surface area (Å²) < 4.78 is 1.08. The molecule has 2 saturated heterocycles. The molecule has 3 fully saturated rings. The molecule has 0 amide bonds. The third-order valence-corrected chi connectivity index (χ3v) is 8.35. The van der Waals surface area contributed by atoms with Crippen LogP contribution in [0.1, 0.15) is 42.9 Å². The van der Waals surface area contributed by atoms with Crippen molar-refractivity contribution < 1.29 is 0 Å². The van der Waals surface area contributed by atoms with E-state index in [1.807, 2.05) is 0 Å². The highest BCUT2D eigenvalue weighted by Crippen LogP contribution is 2.42. The van der Waals surface area contributed by atoms with Gasteiger partial charge in [-0.2, -0.15) is 10.1 Å². The minimum Gasteiger partial charge on any atom is -0.332 e. The largest absolute Gasteiger partial charge is 0.332 e. The molecule has 8 heteroatoms. The molecule has 2 atom stereocenters. The molecular weight excluding hydrogens is 430 g/mol.